The Morgan fingerprint density at radius 2 is 2.00 bits per heavy atom. The van der Waals surface area contributed by atoms with Gasteiger partial charge in [0.15, 0.2) is 0 Å². The number of benzene rings is 1. The maximum absolute atomic E-state index is 5.85. The van der Waals surface area contributed by atoms with Crippen molar-refractivity contribution in [2.45, 2.75) is 32.0 Å². The van der Waals surface area contributed by atoms with Crippen molar-refractivity contribution >= 4 is 17.0 Å². The molecule has 1 aliphatic rings. The van der Waals surface area contributed by atoms with Gasteiger partial charge in [-0.2, -0.15) is 11.3 Å². The molecule has 2 aromatic rings. The van der Waals surface area contributed by atoms with E-state index in [0.717, 1.165) is 24.8 Å². The smallest absolute Gasteiger partial charge is 0.0317 e. The highest BCUT2D eigenvalue weighted by molar-refractivity contribution is 7.07. The van der Waals surface area contributed by atoms with E-state index in [-0.39, 0.29) is 0 Å². The van der Waals surface area contributed by atoms with E-state index in [0.29, 0.717) is 0 Å². The van der Waals surface area contributed by atoms with Gasteiger partial charge in [-0.15, -0.1) is 0 Å². The van der Waals surface area contributed by atoms with Crippen LogP contribution in [0.25, 0.3) is 0 Å². The Balaban J connectivity index is 1.70. The van der Waals surface area contributed by atoms with Crippen molar-refractivity contribution in [1.82, 2.24) is 4.90 Å². The Bertz CT molecular complexity index is 503. The number of nitrogen functional groups attached to an aromatic ring is 1. The summed E-state index contributed by atoms with van der Waals surface area (Å²) in [6.07, 6.45) is 2.68. The van der Waals surface area contributed by atoms with Gasteiger partial charge in [-0.25, -0.2) is 0 Å². The van der Waals surface area contributed by atoms with Crippen LogP contribution in [-0.2, 0) is 13.1 Å². The molecule has 0 radical (unpaired) electrons. The molecular weight excluding hydrogens is 240 g/mol. The zero-order valence-electron chi connectivity index (χ0n) is 10.4. The Labute approximate surface area is 112 Å². The second-order valence-corrected chi connectivity index (χ2v) is 5.79. The summed E-state index contributed by atoms with van der Waals surface area (Å²) in [5.74, 6) is 0. The first-order chi connectivity index (χ1) is 8.81. The SMILES string of the molecule is Nc1cccc(CN(Cc2ccsc2)C2CC2)c1. The highest BCUT2D eigenvalue weighted by Crippen LogP contribution is 2.30. The van der Waals surface area contributed by atoms with Gasteiger partial charge in [0.2, 0.25) is 0 Å². The standard InChI is InChI=1S/C15H18N2S/c16-14-3-1-2-12(8-14)9-17(15-4-5-15)10-13-6-7-18-11-13/h1-3,6-8,11,15H,4-5,9-10,16H2. The highest BCUT2D eigenvalue weighted by Gasteiger charge is 2.28. The van der Waals surface area contributed by atoms with Gasteiger partial charge in [0, 0.05) is 24.8 Å². The Hall–Kier alpha value is -1.32. The predicted molar refractivity (Wildman–Crippen MR) is 77.4 cm³/mol. The molecule has 0 aliphatic heterocycles. The molecule has 0 spiro atoms. The first-order valence-electron chi connectivity index (χ1n) is 6.41. The van der Waals surface area contributed by atoms with Crippen molar-refractivity contribution in [3.63, 3.8) is 0 Å². The summed E-state index contributed by atoms with van der Waals surface area (Å²) >= 11 is 1.78. The first-order valence-corrected chi connectivity index (χ1v) is 7.35. The number of anilines is 1. The monoisotopic (exact) mass is 258 g/mol. The van der Waals surface area contributed by atoms with Gasteiger partial charge in [-0.1, -0.05) is 12.1 Å². The molecular formula is C15H18N2S. The third-order valence-corrected chi connectivity index (χ3v) is 4.10. The van der Waals surface area contributed by atoms with E-state index in [9.17, 15) is 0 Å². The highest BCUT2D eigenvalue weighted by atomic mass is 32.1. The molecule has 0 bridgehead atoms. The molecule has 1 heterocycles. The van der Waals surface area contributed by atoms with Crippen LogP contribution < -0.4 is 5.73 Å². The number of hydrogen-bond acceptors (Lipinski definition) is 3. The van der Waals surface area contributed by atoms with Crippen LogP contribution in [0.1, 0.15) is 24.0 Å². The normalized spacial score (nSPS) is 15.2. The topological polar surface area (TPSA) is 29.3 Å². The van der Waals surface area contributed by atoms with E-state index in [1.807, 2.05) is 12.1 Å². The predicted octanol–water partition coefficient (Wildman–Crippen LogP) is 3.49. The van der Waals surface area contributed by atoms with Crippen LogP contribution in [0, 0.1) is 0 Å². The van der Waals surface area contributed by atoms with Crippen molar-refractivity contribution in [3.05, 3.63) is 52.2 Å². The molecule has 0 amide bonds. The molecule has 1 aromatic heterocycles. The van der Waals surface area contributed by atoms with Crippen molar-refractivity contribution in [2.24, 2.45) is 0 Å². The second-order valence-electron chi connectivity index (χ2n) is 5.01. The van der Waals surface area contributed by atoms with Gasteiger partial charge in [-0.3, -0.25) is 4.90 Å². The largest absolute Gasteiger partial charge is 0.399 e. The zero-order valence-corrected chi connectivity index (χ0v) is 11.2. The molecule has 0 saturated heterocycles. The lowest BCUT2D eigenvalue weighted by molar-refractivity contribution is 0.246. The van der Waals surface area contributed by atoms with Crippen LogP contribution in [0.2, 0.25) is 0 Å². The summed E-state index contributed by atoms with van der Waals surface area (Å²) in [6, 6.07) is 11.2. The molecule has 2 N–H and O–H groups in total. The summed E-state index contributed by atoms with van der Waals surface area (Å²) < 4.78 is 0. The fourth-order valence-corrected chi connectivity index (χ4v) is 2.96. The van der Waals surface area contributed by atoms with Crippen LogP contribution in [0.4, 0.5) is 5.69 Å². The molecule has 1 saturated carbocycles. The minimum Gasteiger partial charge on any atom is -0.399 e. The van der Waals surface area contributed by atoms with Gasteiger partial charge in [-0.05, 0) is 52.9 Å². The van der Waals surface area contributed by atoms with E-state index in [4.69, 9.17) is 5.73 Å². The quantitative estimate of drug-likeness (QED) is 0.832. The van der Waals surface area contributed by atoms with Crippen LogP contribution in [0.3, 0.4) is 0 Å². The summed E-state index contributed by atoms with van der Waals surface area (Å²) in [5.41, 5.74) is 9.45. The molecule has 94 valence electrons. The fraction of sp³-hybridized carbons (Fsp3) is 0.333. The average molecular weight is 258 g/mol. The van der Waals surface area contributed by atoms with E-state index in [1.54, 1.807) is 11.3 Å². The summed E-state index contributed by atoms with van der Waals surface area (Å²) in [5, 5.41) is 4.40. The van der Waals surface area contributed by atoms with Gasteiger partial charge in [0.1, 0.15) is 0 Å². The summed E-state index contributed by atoms with van der Waals surface area (Å²) in [6.45, 7) is 2.06. The van der Waals surface area contributed by atoms with Gasteiger partial charge in [0.25, 0.3) is 0 Å². The first kappa shape index (κ1) is 11.8. The maximum atomic E-state index is 5.85. The summed E-state index contributed by atoms with van der Waals surface area (Å²) in [7, 11) is 0. The minimum atomic E-state index is 0.770. The molecule has 0 atom stereocenters. The molecule has 1 aliphatic carbocycles. The Morgan fingerprint density at radius 3 is 2.67 bits per heavy atom. The van der Waals surface area contributed by atoms with E-state index in [2.05, 4.69) is 33.9 Å². The molecule has 0 unspecified atom stereocenters. The molecule has 1 fully saturated rings. The van der Waals surface area contributed by atoms with Gasteiger partial charge >= 0.3 is 0 Å². The lowest BCUT2D eigenvalue weighted by Crippen LogP contribution is -2.24. The number of nitrogens with two attached hydrogens (primary N) is 1. The molecule has 3 heteroatoms. The number of rotatable bonds is 5. The third kappa shape index (κ3) is 2.92. The summed E-state index contributed by atoms with van der Waals surface area (Å²) in [4.78, 5) is 2.57. The fourth-order valence-electron chi connectivity index (χ4n) is 2.30. The average Bonchev–Trinajstić information content (AvgIpc) is 3.08. The van der Waals surface area contributed by atoms with Gasteiger partial charge in [0.05, 0.1) is 0 Å². The lowest BCUT2D eigenvalue weighted by atomic mass is 10.2. The molecule has 3 rings (SSSR count). The van der Waals surface area contributed by atoms with Gasteiger partial charge < -0.3 is 5.73 Å². The van der Waals surface area contributed by atoms with Crippen LogP contribution >= 0.6 is 11.3 Å². The zero-order chi connectivity index (χ0) is 12.4. The molecule has 2 nitrogen and oxygen atoms in total. The molecule has 18 heavy (non-hydrogen) atoms. The van der Waals surface area contributed by atoms with Crippen molar-refractivity contribution < 1.29 is 0 Å². The molecule has 1 aromatic carbocycles. The lowest BCUT2D eigenvalue weighted by Gasteiger charge is -2.21. The van der Waals surface area contributed by atoms with E-state index >= 15 is 0 Å². The third-order valence-electron chi connectivity index (χ3n) is 3.37. The minimum absolute atomic E-state index is 0.770. The number of nitrogens with zero attached hydrogens (tertiary/aromatic N) is 1. The van der Waals surface area contributed by atoms with Crippen molar-refractivity contribution in [2.75, 3.05) is 5.73 Å². The Kier molecular flexibility index (Phi) is 3.35. The Morgan fingerprint density at radius 1 is 1.17 bits per heavy atom. The van der Waals surface area contributed by atoms with Crippen LogP contribution in [-0.4, -0.2) is 10.9 Å². The second kappa shape index (κ2) is 5.12. The number of thiophene rings is 1. The maximum Gasteiger partial charge on any atom is 0.0317 e. The van der Waals surface area contributed by atoms with Crippen LogP contribution in [0.15, 0.2) is 41.1 Å². The van der Waals surface area contributed by atoms with Crippen molar-refractivity contribution in [3.8, 4) is 0 Å². The van der Waals surface area contributed by atoms with E-state index in [1.165, 1.54) is 24.0 Å². The van der Waals surface area contributed by atoms with Crippen molar-refractivity contribution in [1.29, 1.82) is 0 Å². The van der Waals surface area contributed by atoms with E-state index < -0.39 is 0 Å². The van der Waals surface area contributed by atoms with Crippen LogP contribution in [0.5, 0.6) is 0 Å². The number of hydrogen-bond donors (Lipinski definition) is 1.